The Kier molecular flexibility index (Phi) is 6.00. The summed E-state index contributed by atoms with van der Waals surface area (Å²) in [7, 11) is 1.99. The minimum atomic E-state index is 0.348. The number of nitrogens with zero attached hydrogens (tertiary/aromatic N) is 2. The smallest absolute Gasteiger partial charge is 0.129 e. The zero-order chi connectivity index (χ0) is 15.2. The van der Waals surface area contributed by atoms with Gasteiger partial charge in [-0.1, -0.05) is 13.8 Å². The van der Waals surface area contributed by atoms with Gasteiger partial charge < -0.3 is 15.0 Å². The monoisotopic (exact) mass is 291 g/mol. The molecule has 118 valence electrons. The Morgan fingerprint density at radius 2 is 2.24 bits per heavy atom. The number of aromatic nitrogens is 1. The second-order valence-corrected chi connectivity index (χ2v) is 6.11. The number of hydrogen-bond acceptors (Lipinski definition) is 4. The molecular weight excluding hydrogens is 262 g/mol. The first-order valence-corrected chi connectivity index (χ1v) is 8.16. The van der Waals surface area contributed by atoms with Gasteiger partial charge in [0, 0.05) is 31.9 Å². The highest BCUT2D eigenvalue weighted by Crippen LogP contribution is 2.24. The van der Waals surface area contributed by atoms with E-state index in [1.807, 2.05) is 7.05 Å². The second-order valence-electron chi connectivity index (χ2n) is 6.11. The third-order valence-corrected chi connectivity index (χ3v) is 3.97. The highest BCUT2D eigenvalue weighted by Gasteiger charge is 2.22. The Morgan fingerprint density at radius 1 is 1.43 bits per heavy atom. The number of pyridine rings is 1. The van der Waals surface area contributed by atoms with E-state index in [9.17, 15) is 0 Å². The average molecular weight is 291 g/mol. The number of ether oxygens (including phenoxy) is 1. The first-order valence-electron chi connectivity index (χ1n) is 8.16. The highest BCUT2D eigenvalue weighted by molar-refractivity contribution is 5.44. The Bertz CT molecular complexity index is 446. The summed E-state index contributed by atoms with van der Waals surface area (Å²) >= 11 is 0. The zero-order valence-corrected chi connectivity index (χ0v) is 13.9. The van der Waals surface area contributed by atoms with Crippen molar-refractivity contribution in [1.29, 1.82) is 0 Å². The van der Waals surface area contributed by atoms with Crippen LogP contribution in [-0.2, 0) is 11.3 Å². The summed E-state index contributed by atoms with van der Waals surface area (Å²) in [5, 5.41) is 3.24. The fraction of sp³-hybridized carbons (Fsp3) is 0.706. The summed E-state index contributed by atoms with van der Waals surface area (Å²) in [5.74, 6) is 1.56. The Hall–Kier alpha value is -1.13. The third kappa shape index (κ3) is 4.42. The molecule has 21 heavy (non-hydrogen) atoms. The van der Waals surface area contributed by atoms with Gasteiger partial charge >= 0.3 is 0 Å². The normalized spacial score (nSPS) is 19.3. The summed E-state index contributed by atoms with van der Waals surface area (Å²) in [4.78, 5) is 7.26. The van der Waals surface area contributed by atoms with Gasteiger partial charge in [-0.2, -0.15) is 0 Å². The first-order chi connectivity index (χ1) is 10.1. The van der Waals surface area contributed by atoms with Crippen LogP contribution in [0.5, 0.6) is 0 Å². The minimum Gasteiger partial charge on any atom is -0.377 e. The van der Waals surface area contributed by atoms with Crippen molar-refractivity contribution < 1.29 is 4.74 Å². The number of piperidine rings is 1. The molecule has 0 amide bonds. The molecule has 1 unspecified atom stereocenters. The van der Waals surface area contributed by atoms with E-state index in [1.54, 1.807) is 0 Å². The fourth-order valence-electron chi connectivity index (χ4n) is 2.88. The van der Waals surface area contributed by atoms with E-state index in [0.29, 0.717) is 12.0 Å². The van der Waals surface area contributed by atoms with E-state index in [2.05, 4.69) is 43.1 Å². The minimum absolute atomic E-state index is 0.348. The number of anilines is 1. The van der Waals surface area contributed by atoms with Crippen molar-refractivity contribution in [2.45, 2.75) is 52.2 Å². The van der Waals surface area contributed by atoms with Crippen LogP contribution in [0.25, 0.3) is 0 Å². The molecular formula is C17H29N3O. The van der Waals surface area contributed by atoms with Crippen molar-refractivity contribution in [3.8, 4) is 0 Å². The summed E-state index contributed by atoms with van der Waals surface area (Å²) in [6.45, 7) is 10.2. The van der Waals surface area contributed by atoms with Crippen molar-refractivity contribution in [2.24, 2.45) is 0 Å². The predicted octanol–water partition coefficient (Wildman–Crippen LogP) is 2.93. The van der Waals surface area contributed by atoms with Gasteiger partial charge in [-0.05, 0) is 50.4 Å². The number of hydrogen-bond donors (Lipinski definition) is 1. The molecule has 0 aromatic carbocycles. The molecule has 1 N–H and O–H groups in total. The van der Waals surface area contributed by atoms with E-state index in [1.165, 1.54) is 17.7 Å². The van der Waals surface area contributed by atoms with Crippen molar-refractivity contribution in [3.05, 3.63) is 23.4 Å². The lowest BCUT2D eigenvalue weighted by molar-refractivity contribution is 0.0525. The highest BCUT2D eigenvalue weighted by atomic mass is 16.5. The molecule has 1 atom stereocenters. The Morgan fingerprint density at radius 3 is 2.90 bits per heavy atom. The molecule has 2 rings (SSSR count). The first kappa shape index (κ1) is 16.2. The molecule has 4 nitrogen and oxygen atoms in total. The van der Waals surface area contributed by atoms with Crippen LogP contribution < -0.4 is 10.2 Å². The lowest BCUT2D eigenvalue weighted by Crippen LogP contribution is -2.40. The molecule has 1 aromatic rings. The van der Waals surface area contributed by atoms with Crippen LogP contribution in [0, 0.1) is 0 Å². The Balaban J connectivity index is 2.20. The van der Waals surface area contributed by atoms with Crippen LogP contribution in [0.15, 0.2) is 12.1 Å². The van der Waals surface area contributed by atoms with Crippen LogP contribution in [0.3, 0.4) is 0 Å². The molecule has 1 aliphatic rings. The van der Waals surface area contributed by atoms with Gasteiger partial charge in [-0.25, -0.2) is 4.98 Å². The van der Waals surface area contributed by atoms with Crippen molar-refractivity contribution in [2.75, 3.05) is 31.6 Å². The van der Waals surface area contributed by atoms with Gasteiger partial charge in [-0.3, -0.25) is 0 Å². The van der Waals surface area contributed by atoms with Gasteiger partial charge in [0.2, 0.25) is 0 Å². The van der Waals surface area contributed by atoms with E-state index >= 15 is 0 Å². The van der Waals surface area contributed by atoms with Crippen LogP contribution in [0.1, 0.15) is 50.8 Å². The van der Waals surface area contributed by atoms with E-state index in [4.69, 9.17) is 9.72 Å². The predicted molar refractivity (Wildman–Crippen MR) is 88.0 cm³/mol. The van der Waals surface area contributed by atoms with Gasteiger partial charge in [0.15, 0.2) is 0 Å². The van der Waals surface area contributed by atoms with E-state index in [0.717, 1.165) is 38.5 Å². The standard InChI is InChI=1S/C17H29N3O/c1-5-21-15-7-6-8-20(12-15)17-10-14(11-18-4)9-16(19-17)13(2)3/h9-10,13,15,18H,5-8,11-12H2,1-4H3. The zero-order valence-electron chi connectivity index (χ0n) is 13.9. The number of rotatable bonds is 6. The molecule has 1 aromatic heterocycles. The maximum absolute atomic E-state index is 5.81. The fourth-order valence-corrected chi connectivity index (χ4v) is 2.88. The largest absolute Gasteiger partial charge is 0.377 e. The molecule has 0 radical (unpaired) electrons. The molecule has 0 bridgehead atoms. The summed E-state index contributed by atoms with van der Waals surface area (Å²) in [6.07, 6.45) is 2.69. The van der Waals surface area contributed by atoms with Crippen LogP contribution >= 0.6 is 0 Å². The molecule has 0 saturated carbocycles. The van der Waals surface area contributed by atoms with Gasteiger partial charge in [0.1, 0.15) is 5.82 Å². The van der Waals surface area contributed by atoms with Crippen molar-refractivity contribution >= 4 is 5.82 Å². The Labute approximate surface area is 128 Å². The third-order valence-electron chi connectivity index (χ3n) is 3.97. The van der Waals surface area contributed by atoms with Crippen LogP contribution in [0.2, 0.25) is 0 Å². The van der Waals surface area contributed by atoms with Gasteiger partial charge in [0.05, 0.1) is 6.10 Å². The van der Waals surface area contributed by atoms with Gasteiger partial charge in [0.25, 0.3) is 0 Å². The quantitative estimate of drug-likeness (QED) is 0.874. The summed E-state index contributed by atoms with van der Waals surface area (Å²) in [6, 6.07) is 4.44. The van der Waals surface area contributed by atoms with Crippen molar-refractivity contribution in [1.82, 2.24) is 10.3 Å². The topological polar surface area (TPSA) is 37.4 Å². The average Bonchev–Trinajstić information content (AvgIpc) is 2.48. The molecule has 1 aliphatic heterocycles. The van der Waals surface area contributed by atoms with Gasteiger partial charge in [-0.15, -0.1) is 0 Å². The molecule has 0 spiro atoms. The SMILES string of the molecule is CCOC1CCCN(c2cc(CNC)cc(C(C)C)n2)C1. The lowest BCUT2D eigenvalue weighted by Gasteiger charge is -2.34. The summed E-state index contributed by atoms with van der Waals surface area (Å²) in [5.41, 5.74) is 2.49. The molecule has 1 saturated heterocycles. The maximum Gasteiger partial charge on any atom is 0.129 e. The van der Waals surface area contributed by atoms with E-state index < -0.39 is 0 Å². The molecule has 2 heterocycles. The van der Waals surface area contributed by atoms with Crippen LogP contribution in [0.4, 0.5) is 5.82 Å². The van der Waals surface area contributed by atoms with Crippen molar-refractivity contribution in [3.63, 3.8) is 0 Å². The van der Waals surface area contributed by atoms with Crippen LogP contribution in [-0.4, -0.2) is 37.8 Å². The second kappa shape index (κ2) is 7.76. The summed E-state index contributed by atoms with van der Waals surface area (Å²) < 4.78 is 5.81. The molecule has 0 aliphatic carbocycles. The molecule has 4 heteroatoms. The number of nitrogens with one attached hydrogen (secondary N) is 1. The lowest BCUT2D eigenvalue weighted by atomic mass is 10.1. The molecule has 1 fully saturated rings. The maximum atomic E-state index is 5.81. The van der Waals surface area contributed by atoms with E-state index in [-0.39, 0.29) is 0 Å².